The zero-order valence-electron chi connectivity index (χ0n) is 13.1. The van der Waals surface area contributed by atoms with Crippen molar-refractivity contribution in [2.75, 3.05) is 16.4 Å². The Labute approximate surface area is 152 Å². The van der Waals surface area contributed by atoms with Gasteiger partial charge in [0.2, 0.25) is 11.0 Å². The van der Waals surface area contributed by atoms with E-state index in [4.69, 9.17) is 0 Å². The van der Waals surface area contributed by atoms with Gasteiger partial charge < -0.3 is 10.6 Å². The summed E-state index contributed by atoms with van der Waals surface area (Å²) in [6, 6.07) is 15.7. The average molecular weight is 374 g/mol. The van der Waals surface area contributed by atoms with Gasteiger partial charge in [-0.2, -0.15) is 0 Å². The Kier molecular flexibility index (Phi) is 5.97. The molecule has 0 saturated carbocycles. The molecule has 8 heteroatoms. The summed E-state index contributed by atoms with van der Waals surface area (Å²) in [6.45, 7) is 0.672. The first-order chi connectivity index (χ1) is 12.2. The third kappa shape index (κ3) is 5.54. The molecule has 0 aliphatic carbocycles. The van der Waals surface area contributed by atoms with Crippen molar-refractivity contribution in [1.82, 2.24) is 10.2 Å². The molecule has 1 aromatic heterocycles. The number of halogens is 1. The zero-order chi connectivity index (χ0) is 17.5. The van der Waals surface area contributed by atoms with Gasteiger partial charge in [0.05, 0.1) is 5.75 Å². The maximum atomic E-state index is 12.8. The predicted molar refractivity (Wildman–Crippen MR) is 99.4 cm³/mol. The number of anilines is 2. The lowest BCUT2D eigenvalue weighted by atomic mass is 10.2. The molecule has 25 heavy (non-hydrogen) atoms. The van der Waals surface area contributed by atoms with Gasteiger partial charge in [0.15, 0.2) is 4.34 Å². The van der Waals surface area contributed by atoms with Crippen molar-refractivity contribution in [3.05, 3.63) is 66.0 Å². The summed E-state index contributed by atoms with van der Waals surface area (Å²) >= 11 is 2.71. The highest BCUT2D eigenvalue weighted by atomic mass is 32.2. The van der Waals surface area contributed by atoms with E-state index >= 15 is 0 Å². The minimum atomic E-state index is -0.336. The van der Waals surface area contributed by atoms with E-state index < -0.39 is 0 Å². The summed E-state index contributed by atoms with van der Waals surface area (Å²) in [7, 11) is 0. The Morgan fingerprint density at radius 3 is 2.60 bits per heavy atom. The monoisotopic (exact) mass is 374 g/mol. The number of nitrogens with zero attached hydrogens (tertiary/aromatic N) is 2. The van der Waals surface area contributed by atoms with Crippen molar-refractivity contribution < 1.29 is 9.18 Å². The molecule has 5 nitrogen and oxygen atoms in total. The molecule has 0 fully saturated rings. The summed E-state index contributed by atoms with van der Waals surface area (Å²) in [5.74, 6) is -0.299. The largest absolute Gasteiger partial charge is 0.356 e. The average Bonchev–Trinajstić information content (AvgIpc) is 3.09. The summed E-state index contributed by atoms with van der Waals surface area (Å²) in [5, 5.41) is 14.8. The second-order valence-corrected chi connectivity index (χ2v) is 7.26. The molecular formula is C17H15FN4OS2. The van der Waals surface area contributed by atoms with Gasteiger partial charge in [-0.3, -0.25) is 4.79 Å². The van der Waals surface area contributed by atoms with Crippen LogP contribution in [0.25, 0.3) is 0 Å². The van der Waals surface area contributed by atoms with E-state index in [1.807, 2.05) is 30.3 Å². The zero-order valence-corrected chi connectivity index (χ0v) is 14.7. The first-order valence-corrected chi connectivity index (χ1v) is 9.29. The number of thioether (sulfide) groups is 1. The fraction of sp³-hybridized carbons (Fsp3) is 0.118. The number of benzene rings is 2. The normalized spacial score (nSPS) is 10.4. The Balaban J connectivity index is 1.45. The van der Waals surface area contributed by atoms with Crippen LogP contribution in [-0.4, -0.2) is 21.9 Å². The van der Waals surface area contributed by atoms with Crippen molar-refractivity contribution in [2.24, 2.45) is 0 Å². The maximum Gasteiger partial charge on any atom is 0.234 e. The van der Waals surface area contributed by atoms with Gasteiger partial charge in [-0.25, -0.2) is 4.39 Å². The third-order valence-corrected chi connectivity index (χ3v) is 5.16. The third-order valence-electron chi connectivity index (χ3n) is 3.15. The Morgan fingerprint density at radius 2 is 1.84 bits per heavy atom. The highest BCUT2D eigenvalue weighted by molar-refractivity contribution is 8.01. The standard InChI is InChI=1S/C17H15FN4OS2/c18-13-6-8-14(9-7-13)20-15(23)11-24-17-22-21-16(25-17)19-10-12-4-2-1-3-5-12/h1-9H,10-11H2,(H,19,21)(H,20,23). The molecule has 0 atom stereocenters. The van der Waals surface area contributed by atoms with E-state index in [0.717, 1.165) is 5.56 Å². The maximum absolute atomic E-state index is 12.8. The van der Waals surface area contributed by atoms with Crippen LogP contribution >= 0.6 is 23.1 Å². The molecule has 3 aromatic rings. The molecule has 0 aliphatic heterocycles. The molecule has 1 amide bonds. The van der Waals surface area contributed by atoms with Gasteiger partial charge in [-0.1, -0.05) is 53.4 Å². The molecule has 0 aliphatic rings. The minimum Gasteiger partial charge on any atom is -0.356 e. The molecule has 3 rings (SSSR count). The van der Waals surface area contributed by atoms with Gasteiger partial charge in [-0.15, -0.1) is 10.2 Å². The SMILES string of the molecule is O=C(CSc1nnc(NCc2ccccc2)s1)Nc1ccc(F)cc1. The summed E-state index contributed by atoms with van der Waals surface area (Å²) in [6.07, 6.45) is 0. The van der Waals surface area contributed by atoms with Gasteiger partial charge in [0, 0.05) is 12.2 Å². The van der Waals surface area contributed by atoms with Gasteiger partial charge >= 0.3 is 0 Å². The van der Waals surface area contributed by atoms with E-state index in [-0.39, 0.29) is 17.5 Å². The quantitative estimate of drug-likeness (QED) is 0.612. The lowest BCUT2D eigenvalue weighted by Crippen LogP contribution is -2.13. The van der Waals surface area contributed by atoms with Crippen LogP contribution in [0, 0.1) is 5.82 Å². The summed E-state index contributed by atoms with van der Waals surface area (Å²) in [5.41, 5.74) is 1.72. The minimum absolute atomic E-state index is 0.175. The number of carbonyl (C=O) groups is 1. The first kappa shape index (κ1) is 17.4. The second-order valence-electron chi connectivity index (χ2n) is 5.06. The summed E-state index contributed by atoms with van der Waals surface area (Å²) in [4.78, 5) is 11.9. The van der Waals surface area contributed by atoms with Crippen molar-refractivity contribution >= 4 is 39.8 Å². The number of aromatic nitrogens is 2. The fourth-order valence-electron chi connectivity index (χ4n) is 1.97. The van der Waals surface area contributed by atoms with E-state index in [9.17, 15) is 9.18 Å². The van der Waals surface area contributed by atoms with E-state index in [1.165, 1.54) is 47.4 Å². The van der Waals surface area contributed by atoms with Crippen molar-refractivity contribution in [2.45, 2.75) is 10.9 Å². The van der Waals surface area contributed by atoms with E-state index in [1.54, 1.807) is 0 Å². The molecule has 0 saturated heterocycles. The molecule has 2 N–H and O–H groups in total. The number of hydrogen-bond donors (Lipinski definition) is 2. The Bertz CT molecular complexity index is 824. The van der Waals surface area contributed by atoms with Crippen LogP contribution in [0.4, 0.5) is 15.2 Å². The Morgan fingerprint density at radius 1 is 1.08 bits per heavy atom. The molecule has 1 heterocycles. The van der Waals surface area contributed by atoms with E-state index in [0.29, 0.717) is 21.7 Å². The highest BCUT2D eigenvalue weighted by Crippen LogP contribution is 2.25. The molecule has 0 spiro atoms. The molecule has 0 bridgehead atoms. The molecule has 0 radical (unpaired) electrons. The van der Waals surface area contributed by atoms with Gasteiger partial charge in [-0.05, 0) is 29.8 Å². The lowest BCUT2D eigenvalue weighted by Gasteiger charge is -2.03. The second kappa shape index (κ2) is 8.59. The van der Waals surface area contributed by atoms with Crippen molar-refractivity contribution in [3.8, 4) is 0 Å². The number of nitrogens with one attached hydrogen (secondary N) is 2. The van der Waals surface area contributed by atoms with Crippen molar-refractivity contribution in [3.63, 3.8) is 0 Å². The van der Waals surface area contributed by atoms with Crippen LogP contribution < -0.4 is 10.6 Å². The van der Waals surface area contributed by atoms with Crippen LogP contribution in [0.5, 0.6) is 0 Å². The van der Waals surface area contributed by atoms with Crippen LogP contribution in [0.15, 0.2) is 58.9 Å². The highest BCUT2D eigenvalue weighted by Gasteiger charge is 2.08. The Hall–Kier alpha value is -2.45. The van der Waals surface area contributed by atoms with Crippen molar-refractivity contribution in [1.29, 1.82) is 0 Å². The lowest BCUT2D eigenvalue weighted by molar-refractivity contribution is -0.113. The molecular weight excluding hydrogens is 359 g/mol. The smallest absolute Gasteiger partial charge is 0.234 e. The number of amides is 1. The van der Waals surface area contributed by atoms with Crippen LogP contribution in [0.3, 0.4) is 0 Å². The number of hydrogen-bond acceptors (Lipinski definition) is 6. The fourth-order valence-corrected chi connectivity index (χ4v) is 3.52. The molecule has 2 aromatic carbocycles. The van der Waals surface area contributed by atoms with Crippen LogP contribution in [-0.2, 0) is 11.3 Å². The first-order valence-electron chi connectivity index (χ1n) is 7.48. The molecule has 0 unspecified atom stereocenters. The van der Waals surface area contributed by atoms with Crippen LogP contribution in [0.2, 0.25) is 0 Å². The number of carbonyl (C=O) groups excluding carboxylic acids is 1. The topological polar surface area (TPSA) is 66.9 Å². The summed E-state index contributed by atoms with van der Waals surface area (Å²) < 4.78 is 13.5. The molecule has 128 valence electrons. The van der Waals surface area contributed by atoms with Gasteiger partial charge in [0.25, 0.3) is 0 Å². The van der Waals surface area contributed by atoms with Gasteiger partial charge in [0.1, 0.15) is 5.82 Å². The number of rotatable bonds is 7. The van der Waals surface area contributed by atoms with Crippen LogP contribution in [0.1, 0.15) is 5.56 Å². The van der Waals surface area contributed by atoms with E-state index in [2.05, 4.69) is 20.8 Å². The predicted octanol–water partition coefficient (Wildman–Crippen LogP) is 4.02.